The number of carbonyl (C=O) groups is 1. The van der Waals surface area contributed by atoms with Gasteiger partial charge in [0.25, 0.3) is 0 Å². The Bertz CT molecular complexity index is 1030. The second-order valence-electron chi connectivity index (χ2n) is 7.50. The van der Waals surface area contributed by atoms with Gasteiger partial charge in [0.05, 0.1) is 0 Å². The number of thiocarbonyl (C=S) groups is 1. The van der Waals surface area contributed by atoms with Gasteiger partial charge in [-0.3, -0.25) is 0 Å². The lowest BCUT2D eigenvalue weighted by atomic mass is 10.1. The van der Waals surface area contributed by atoms with E-state index in [-0.39, 0.29) is 18.5 Å². The fourth-order valence-electron chi connectivity index (χ4n) is 2.70. The molecule has 11 heteroatoms. The van der Waals surface area contributed by atoms with E-state index in [0.29, 0.717) is 37.4 Å². The fourth-order valence-corrected chi connectivity index (χ4v) is 3.90. The van der Waals surface area contributed by atoms with Crippen molar-refractivity contribution in [2.75, 3.05) is 17.4 Å². The van der Waals surface area contributed by atoms with Crippen LogP contribution >= 0.6 is 44.1 Å². The van der Waals surface area contributed by atoms with Gasteiger partial charge in [0.1, 0.15) is 17.1 Å². The van der Waals surface area contributed by atoms with E-state index in [2.05, 4.69) is 47.8 Å². The van der Waals surface area contributed by atoms with Crippen molar-refractivity contribution in [3.63, 3.8) is 0 Å². The van der Waals surface area contributed by atoms with Gasteiger partial charge >= 0.3 is 6.09 Å². The molecule has 31 heavy (non-hydrogen) atoms. The molecule has 0 unspecified atom stereocenters. The van der Waals surface area contributed by atoms with E-state index in [4.69, 9.17) is 26.4 Å². The highest BCUT2D eigenvalue weighted by molar-refractivity contribution is 9.11. The maximum absolute atomic E-state index is 14.1. The van der Waals surface area contributed by atoms with Crippen molar-refractivity contribution < 1.29 is 23.4 Å². The minimum Gasteiger partial charge on any atom is -0.454 e. The summed E-state index contributed by atoms with van der Waals surface area (Å²) in [4.78, 5) is 12.0. The van der Waals surface area contributed by atoms with E-state index in [1.807, 2.05) is 0 Å². The molecule has 3 N–H and O–H groups in total. The van der Waals surface area contributed by atoms with Crippen LogP contribution in [0.5, 0.6) is 11.5 Å². The van der Waals surface area contributed by atoms with Crippen molar-refractivity contribution in [1.82, 2.24) is 5.32 Å². The molecule has 1 aliphatic rings. The third-order valence-electron chi connectivity index (χ3n) is 3.94. The average molecular weight is 577 g/mol. The first-order chi connectivity index (χ1) is 14.5. The Labute approximate surface area is 201 Å². The second kappa shape index (κ2) is 9.58. The molecule has 2 aromatic carbocycles. The van der Waals surface area contributed by atoms with Crippen LogP contribution in [0.1, 0.15) is 26.3 Å². The second-order valence-corrected chi connectivity index (χ2v) is 9.62. The molecule has 1 heterocycles. The molecule has 1 amide bonds. The Hall–Kier alpha value is -2.11. The topological polar surface area (TPSA) is 80.9 Å². The summed E-state index contributed by atoms with van der Waals surface area (Å²) in [6.07, 6.45) is -0.587. The number of nitrogens with one attached hydrogen (secondary N) is 3. The average Bonchev–Trinajstić information content (AvgIpc) is 3.10. The van der Waals surface area contributed by atoms with Crippen molar-refractivity contribution >= 4 is 66.7 Å². The van der Waals surface area contributed by atoms with E-state index in [9.17, 15) is 9.18 Å². The summed E-state index contributed by atoms with van der Waals surface area (Å²) >= 11 is 12.2. The van der Waals surface area contributed by atoms with Gasteiger partial charge in [-0.05, 0) is 73.2 Å². The minimum atomic E-state index is -0.633. The van der Waals surface area contributed by atoms with Crippen LogP contribution in [0, 0.1) is 5.82 Å². The van der Waals surface area contributed by atoms with Crippen LogP contribution in [0.4, 0.5) is 20.6 Å². The standard InChI is InChI=1S/C20H20Br2FN3O4S/c1-20(2,3)30-19(27)24-8-11-13(22)6-10(23)7-14(11)25-18(31)26-16-12(21)4-5-15-17(16)29-9-28-15/h4-7H,8-9H2,1-3H3,(H,24,27)(H2,25,26,31). The largest absolute Gasteiger partial charge is 0.454 e. The molecular formula is C20H20Br2FN3O4S. The lowest BCUT2D eigenvalue weighted by Gasteiger charge is -2.21. The molecule has 0 fully saturated rings. The SMILES string of the molecule is CC(C)(C)OC(=O)NCc1c(Br)cc(F)cc1NC(=S)Nc1c(Br)ccc2c1OCO2. The number of amides is 1. The van der Waals surface area contributed by atoms with Gasteiger partial charge in [-0.15, -0.1) is 0 Å². The minimum absolute atomic E-state index is 0.0854. The number of benzene rings is 2. The zero-order valence-electron chi connectivity index (χ0n) is 16.9. The number of hydrogen-bond donors (Lipinski definition) is 3. The first kappa shape index (κ1) is 23.6. The van der Waals surface area contributed by atoms with Gasteiger partial charge < -0.3 is 30.2 Å². The van der Waals surface area contributed by atoms with Crippen LogP contribution in [0.25, 0.3) is 0 Å². The van der Waals surface area contributed by atoms with E-state index in [1.54, 1.807) is 32.9 Å². The summed E-state index contributed by atoms with van der Waals surface area (Å²) in [5, 5.41) is 8.87. The van der Waals surface area contributed by atoms with Gasteiger partial charge in [0.15, 0.2) is 16.6 Å². The molecule has 0 atom stereocenters. The highest BCUT2D eigenvalue weighted by Gasteiger charge is 2.22. The fraction of sp³-hybridized carbons (Fsp3) is 0.300. The molecule has 3 rings (SSSR count). The molecule has 2 aromatic rings. The predicted octanol–water partition coefficient (Wildman–Crippen LogP) is 5.91. The molecule has 166 valence electrons. The third-order valence-corrected chi connectivity index (χ3v) is 5.52. The molecule has 0 saturated carbocycles. The monoisotopic (exact) mass is 575 g/mol. The summed E-state index contributed by atoms with van der Waals surface area (Å²) in [6.45, 7) is 5.50. The first-order valence-corrected chi connectivity index (χ1v) is 11.1. The lowest BCUT2D eigenvalue weighted by Crippen LogP contribution is -2.32. The van der Waals surface area contributed by atoms with Crippen molar-refractivity contribution in [2.24, 2.45) is 0 Å². The normalized spacial score (nSPS) is 12.3. The quantitative estimate of drug-likeness (QED) is 0.390. The van der Waals surface area contributed by atoms with Crippen molar-refractivity contribution in [3.8, 4) is 11.5 Å². The van der Waals surface area contributed by atoms with E-state index >= 15 is 0 Å². The number of fused-ring (bicyclic) bond motifs is 1. The number of hydrogen-bond acceptors (Lipinski definition) is 5. The number of rotatable bonds is 4. The van der Waals surface area contributed by atoms with Crippen molar-refractivity contribution in [1.29, 1.82) is 0 Å². The first-order valence-electron chi connectivity index (χ1n) is 9.14. The molecule has 0 aliphatic carbocycles. The smallest absolute Gasteiger partial charge is 0.407 e. The highest BCUT2D eigenvalue weighted by Crippen LogP contribution is 2.43. The molecule has 0 radical (unpaired) electrons. The number of carbonyl (C=O) groups excluding carboxylic acids is 1. The number of alkyl carbamates (subject to hydrolysis) is 1. The molecule has 0 aromatic heterocycles. The maximum Gasteiger partial charge on any atom is 0.407 e. The summed E-state index contributed by atoms with van der Waals surface area (Å²) in [5.74, 6) is 0.631. The van der Waals surface area contributed by atoms with Crippen LogP contribution in [0.2, 0.25) is 0 Å². The van der Waals surface area contributed by atoms with E-state index < -0.39 is 17.5 Å². The zero-order chi connectivity index (χ0) is 22.8. The molecular weight excluding hydrogens is 557 g/mol. The molecule has 1 aliphatic heterocycles. The molecule has 7 nitrogen and oxygen atoms in total. The van der Waals surface area contributed by atoms with Gasteiger partial charge in [-0.2, -0.15) is 0 Å². The van der Waals surface area contributed by atoms with Crippen LogP contribution in [-0.4, -0.2) is 23.6 Å². The van der Waals surface area contributed by atoms with Gasteiger partial charge in [0.2, 0.25) is 6.79 Å². The Kier molecular flexibility index (Phi) is 7.28. The number of halogens is 3. The van der Waals surface area contributed by atoms with Crippen molar-refractivity contribution in [3.05, 3.63) is 44.6 Å². The summed E-state index contributed by atoms with van der Waals surface area (Å²) < 4.78 is 31.4. The van der Waals surface area contributed by atoms with Gasteiger partial charge in [-0.1, -0.05) is 15.9 Å². The molecule has 0 bridgehead atoms. The zero-order valence-corrected chi connectivity index (χ0v) is 20.9. The maximum atomic E-state index is 14.1. The summed E-state index contributed by atoms with van der Waals surface area (Å²) in [5.41, 5.74) is 0.914. The number of anilines is 2. The van der Waals surface area contributed by atoms with Crippen LogP contribution in [-0.2, 0) is 11.3 Å². The van der Waals surface area contributed by atoms with Gasteiger partial charge in [-0.25, -0.2) is 9.18 Å². The Balaban J connectivity index is 1.76. The molecule has 0 saturated heterocycles. The van der Waals surface area contributed by atoms with E-state index in [1.165, 1.54) is 12.1 Å². The summed E-state index contributed by atoms with van der Waals surface area (Å²) in [7, 11) is 0. The van der Waals surface area contributed by atoms with Crippen LogP contribution < -0.4 is 25.4 Å². The van der Waals surface area contributed by atoms with E-state index in [0.717, 1.165) is 0 Å². The Morgan fingerprint density at radius 3 is 2.65 bits per heavy atom. The Morgan fingerprint density at radius 2 is 1.94 bits per heavy atom. The van der Waals surface area contributed by atoms with Crippen LogP contribution in [0.3, 0.4) is 0 Å². The number of ether oxygens (including phenoxy) is 3. The predicted molar refractivity (Wildman–Crippen MR) is 127 cm³/mol. The third kappa shape index (κ3) is 6.20. The van der Waals surface area contributed by atoms with Crippen molar-refractivity contribution in [2.45, 2.75) is 32.9 Å². The highest BCUT2D eigenvalue weighted by atomic mass is 79.9. The Morgan fingerprint density at radius 1 is 1.19 bits per heavy atom. The lowest BCUT2D eigenvalue weighted by molar-refractivity contribution is 0.0523. The van der Waals surface area contributed by atoms with Gasteiger partial charge in [0, 0.05) is 26.7 Å². The summed E-state index contributed by atoms with van der Waals surface area (Å²) in [6, 6.07) is 6.17. The molecule has 0 spiro atoms. The van der Waals surface area contributed by atoms with Crippen LogP contribution in [0.15, 0.2) is 33.2 Å².